The van der Waals surface area contributed by atoms with Crippen molar-refractivity contribution >= 4 is 23.3 Å². The Morgan fingerprint density at radius 3 is 2.70 bits per heavy atom. The van der Waals surface area contributed by atoms with E-state index in [0.29, 0.717) is 29.5 Å². The van der Waals surface area contributed by atoms with Crippen molar-refractivity contribution in [2.45, 2.75) is 25.7 Å². The van der Waals surface area contributed by atoms with Crippen LogP contribution in [0.4, 0.5) is 16.2 Å². The summed E-state index contributed by atoms with van der Waals surface area (Å²) < 4.78 is 5.20. The predicted molar refractivity (Wildman–Crippen MR) is 89.7 cm³/mol. The number of hydrogen-bond acceptors (Lipinski definition) is 4. The fraction of sp³-hybridized carbons (Fsp3) is 0.500. The van der Waals surface area contributed by atoms with Crippen LogP contribution in [-0.2, 0) is 4.79 Å². The Kier molecular flexibility index (Phi) is 6.22. The lowest BCUT2D eigenvalue weighted by Gasteiger charge is -2.22. The Balaban J connectivity index is 1.88. The van der Waals surface area contributed by atoms with Crippen LogP contribution in [0.3, 0.4) is 0 Å². The zero-order valence-electron chi connectivity index (χ0n) is 13.4. The van der Waals surface area contributed by atoms with Crippen molar-refractivity contribution in [3.8, 4) is 5.75 Å². The SMILES string of the molecule is COc1cc(NC(=O)CCC2CCNCC2)ccc1NC(N)=O. The van der Waals surface area contributed by atoms with Crippen molar-refractivity contribution in [1.82, 2.24) is 5.32 Å². The summed E-state index contributed by atoms with van der Waals surface area (Å²) in [7, 11) is 1.49. The third-order valence-corrected chi connectivity index (χ3v) is 3.98. The van der Waals surface area contributed by atoms with Gasteiger partial charge in [0.05, 0.1) is 12.8 Å². The van der Waals surface area contributed by atoms with E-state index in [-0.39, 0.29) is 5.91 Å². The van der Waals surface area contributed by atoms with Crippen LogP contribution in [0.15, 0.2) is 18.2 Å². The fourth-order valence-electron chi connectivity index (χ4n) is 2.73. The number of nitrogens with one attached hydrogen (secondary N) is 3. The summed E-state index contributed by atoms with van der Waals surface area (Å²) in [5, 5.41) is 8.65. The first-order chi connectivity index (χ1) is 11.1. The molecule has 0 aliphatic carbocycles. The lowest BCUT2D eigenvalue weighted by Crippen LogP contribution is -2.28. The molecule has 5 N–H and O–H groups in total. The van der Waals surface area contributed by atoms with Crippen LogP contribution in [0.1, 0.15) is 25.7 Å². The van der Waals surface area contributed by atoms with Crippen LogP contribution in [0.25, 0.3) is 0 Å². The molecule has 0 radical (unpaired) electrons. The molecular formula is C16H24N4O3. The number of methoxy groups -OCH3 is 1. The average Bonchev–Trinajstić information content (AvgIpc) is 2.55. The van der Waals surface area contributed by atoms with Crippen molar-refractivity contribution in [1.29, 1.82) is 0 Å². The van der Waals surface area contributed by atoms with E-state index in [0.717, 1.165) is 32.4 Å². The van der Waals surface area contributed by atoms with Gasteiger partial charge >= 0.3 is 6.03 Å². The fourth-order valence-corrected chi connectivity index (χ4v) is 2.73. The van der Waals surface area contributed by atoms with E-state index >= 15 is 0 Å². The molecular weight excluding hydrogens is 296 g/mol. The Bertz CT molecular complexity index is 556. The number of urea groups is 1. The summed E-state index contributed by atoms with van der Waals surface area (Å²) in [6.07, 6.45) is 3.68. The van der Waals surface area contributed by atoms with Gasteiger partial charge in [-0.15, -0.1) is 0 Å². The molecule has 2 rings (SSSR count). The average molecular weight is 320 g/mol. The maximum Gasteiger partial charge on any atom is 0.316 e. The Hall–Kier alpha value is -2.28. The Morgan fingerprint density at radius 2 is 2.04 bits per heavy atom. The summed E-state index contributed by atoms with van der Waals surface area (Å²) in [5.41, 5.74) is 6.19. The van der Waals surface area contributed by atoms with Crippen LogP contribution < -0.4 is 26.4 Å². The number of amides is 3. The molecule has 0 spiro atoms. The second-order valence-corrected chi connectivity index (χ2v) is 5.68. The second-order valence-electron chi connectivity index (χ2n) is 5.68. The van der Waals surface area contributed by atoms with Crippen molar-refractivity contribution in [2.24, 2.45) is 11.7 Å². The molecule has 7 nitrogen and oxygen atoms in total. The molecule has 3 amide bonds. The predicted octanol–water partition coefficient (Wildman–Crippen LogP) is 1.90. The lowest BCUT2D eigenvalue weighted by molar-refractivity contribution is -0.116. The van der Waals surface area contributed by atoms with Crippen LogP contribution in [0.2, 0.25) is 0 Å². The Labute approximate surface area is 136 Å². The van der Waals surface area contributed by atoms with Crippen LogP contribution >= 0.6 is 0 Å². The van der Waals surface area contributed by atoms with E-state index in [1.807, 2.05) is 0 Å². The van der Waals surface area contributed by atoms with Gasteiger partial charge in [0, 0.05) is 18.2 Å². The number of nitrogens with two attached hydrogens (primary N) is 1. The van der Waals surface area contributed by atoms with Crippen molar-refractivity contribution in [2.75, 3.05) is 30.8 Å². The van der Waals surface area contributed by atoms with Gasteiger partial charge in [-0.3, -0.25) is 4.79 Å². The highest BCUT2D eigenvalue weighted by Crippen LogP contribution is 2.28. The molecule has 0 atom stereocenters. The van der Waals surface area contributed by atoms with Crippen LogP contribution in [0, 0.1) is 5.92 Å². The summed E-state index contributed by atoms with van der Waals surface area (Å²) in [5.74, 6) is 1.06. The molecule has 0 aromatic heterocycles. The maximum absolute atomic E-state index is 12.1. The summed E-state index contributed by atoms with van der Waals surface area (Å²) in [6, 6.07) is 4.35. The minimum atomic E-state index is -0.665. The number of carbonyl (C=O) groups excluding carboxylic acids is 2. The van der Waals surface area contributed by atoms with Crippen molar-refractivity contribution in [3.05, 3.63) is 18.2 Å². The molecule has 23 heavy (non-hydrogen) atoms. The third-order valence-electron chi connectivity index (χ3n) is 3.98. The molecule has 126 valence electrons. The van der Waals surface area contributed by atoms with Crippen molar-refractivity contribution < 1.29 is 14.3 Å². The smallest absolute Gasteiger partial charge is 0.316 e. The summed E-state index contributed by atoms with van der Waals surface area (Å²) in [4.78, 5) is 23.0. The quantitative estimate of drug-likeness (QED) is 0.642. The van der Waals surface area contributed by atoms with Gasteiger partial charge in [-0.1, -0.05) is 0 Å². The highest BCUT2D eigenvalue weighted by atomic mass is 16.5. The van der Waals surface area contributed by atoms with Gasteiger partial charge in [-0.05, 0) is 50.4 Å². The highest BCUT2D eigenvalue weighted by molar-refractivity contribution is 5.93. The topological polar surface area (TPSA) is 105 Å². The van der Waals surface area contributed by atoms with E-state index in [2.05, 4.69) is 16.0 Å². The van der Waals surface area contributed by atoms with E-state index in [4.69, 9.17) is 10.5 Å². The van der Waals surface area contributed by atoms with Crippen LogP contribution in [0.5, 0.6) is 5.75 Å². The number of carbonyl (C=O) groups is 2. The largest absolute Gasteiger partial charge is 0.494 e. The first-order valence-corrected chi connectivity index (χ1v) is 7.83. The van der Waals surface area contributed by atoms with Gasteiger partial charge in [0.25, 0.3) is 0 Å². The molecule has 7 heteroatoms. The number of ether oxygens (including phenoxy) is 1. The molecule has 1 aromatic carbocycles. The Morgan fingerprint density at radius 1 is 1.30 bits per heavy atom. The molecule has 0 saturated carbocycles. The number of anilines is 2. The minimum Gasteiger partial charge on any atom is -0.494 e. The number of piperidine rings is 1. The second kappa shape index (κ2) is 8.38. The van der Waals surface area contributed by atoms with Crippen LogP contribution in [-0.4, -0.2) is 32.1 Å². The molecule has 1 fully saturated rings. The zero-order valence-corrected chi connectivity index (χ0v) is 13.4. The molecule has 1 aliphatic rings. The normalized spacial score (nSPS) is 15.0. The number of primary amides is 1. The number of benzene rings is 1. The summed E-state index contributed by atoms with van der Waals surface area (Å²) in [6.45, 7) is 2.08. The molecule has 1 aliphatic heterocycles. The van der Waals surface area contributed by atoms with E-state index in [9.17, 15) is 9.59 Å². The molecule has 1 heterocycles. The van der Waals surface area contributed by atoms with E-state index < -0.39 is 6.03 Å². The number of rotatable bonds is 6. The minimum absolute atomic E-state index is 0.0128. The van der Waals surface area contributed by atoms with E-state index in [1.165, 1.54) is 7.11 Å². The zero-order chi connectivity index (χ0) is 16.7. The van der Waals surface area contributed by atoms with Gasteiger partial charge in [0.1, 0.15) is 5.75 Å². The first kappa shape index (κ1) is 17.1. The standard InChI is InChI=1S/C16H24N4O3/c1-23-14-10-12(3-4-13(14)20-16(17)22)19-15(21)5-2-11-6-8-18-9-7-11/h3-4,10-11,18H,2,5-9H2,1H3,(H,19,21)(H3,17,20,22). The molecule has 0 unspecified atom stereocenters. The van der Waals surface area contributed by atoms with E-state index in [1.54, 1.807) is 18.2 Å². The van der Waals surface area contributed by atoms with Gasteiger partial charge in [0.2, 0.25) is 5.91 Å². The maximum atomic E-state index is 12.1. The van der Waals surface area contributed by atoms with Gasteiger partial charge in [-0.2, -0.15) is 0 Å². The first-order valence-electron chi connectivity index (χ1n) is 7.83. The van der Waals surface area contributed by atoms with Gasteiger partial charge < -0.3 is 26.4 Å². The molecule has 0 bridgehead atoms. The number of hydrogen-bond donors (Lipinski definition) is 4. The molecule has 1 saturated heterocycles. The monoisotopic (exact) mass is 320 g/mol. The van der Waals surface area contributed by atoms with Crippen molar-refractivity contribution in [3.63, 3.8) is 0 Å². The van der Waals surface area contributed by atoms with Gasteiger partial charge in [0.15, 0.2) is 0 Å². The third kappa shape index (κ3) is 5.45. The van der Waals surface area contributed by atoms with Gasteiger partial charge in [-0.25, -0.2) is 4.79 Å². The lowest BCUT2D eigenvalue weighted by atomic mass is 9.93. The molecule has 1 aromatic rings. The highest BCUT2D eigenvalue weighted by Gasteiger charge is 2.15. The summed E-state index contributed by atoms with van der Waals surface area (Å²) >= 11 is 0.